The summed E-state index contributed by atoms with van der Waals surface area (Å²) in [5, 5.41) is -0.621. The SMILES string of the molecule is CC(=O)N1CCS[C@@H]1C(=O)NNC(=O)c1ccc2c(c1)OCO2. The molecule has 2 aliphatic heterocycles. The quantitative estimate of drug-likeness (QED) is 0.743. The highest BCUT2D eigenvalue weighted by Crippen LogP contribution is 2.32. The van der Waals surface area contributed by atoms with E-state index in [1.807, 2.05) is 0 Å². The van der Waals surface area contributed by atoms with Gasteiger partial charge in [-0.25, -0.2) is 0 Å². The van der Waals surface area contributed by atoms with Gasteiger partial charge in [-0.3, -0.25) is 25.2 Å². The van der Waals surface area contributed by atoms with E-state index in [4.69, 9.17) is 9.47 Å². The van der Waals surface area contributed by atoms with Crippen LogP contribution in [0.1, 0.15) is 17.3 Å². The Morgan fingerprint density at radius 2 is 2.00 bits per heavy atom. The van der Waals surface area contributed by atoms with Gasteiger partial charge in [0.15, 0.2) is 16.9 Å². The molecule has 1 atom stereocenters. The number of carbonyl (C=O) groups excluding carboxylic acids is 3. The predicted octanol–water partition coefficient (Wildman–Crippen LogP) is 0.0977. The number of thioether (sulfide) groups is 1. The van der Waals surface area contributed by atoms with Gasteiger partial charge in [0.1, 0.15) is 0 Å². The van der Waals surface area contributed by atoms with E-state index < -0.39 is 17.2 Å². The van der Waals surface area contributed by atoms with Gasteiger partial charge in [0.2, 0.25) is 12.7 Å². The fraction of sp³-hybridized carbons (Fsp3) is 0.357. The summed E-state index contributed by atoms with van der Waals surface area (Å²) in [5.41, 5.74) is 5.02. The second-order valence-corrected chi connectivity index (χ2v) is 6.14. The Bertz CT molecular complexity index is 666. The second-order valence-electron chi connectivity index (χ2n) is 4.95. The molecule has 122 valence electrons. The Hall–Kier alpha value is -2.42. The number of nitrogens with zero attached hydrogens (tertiary/aromatic N) is 1. The first-order chi connectivity index (χ1) is 11.1. The van der Waals surface area contributed by atoms with Gasteiger partial charge in [0, 0.05) is 24.8 Å². The van der Waals surface area contributed by atoms with Gasteiger partial charge in [-0.1, -0.05) is 0 Å². The van der Waals surface area contributed by atoms with Crippen molar-refractivity contribution in [3.63, 3.8) is 0 Å². The smallest absolute Gasteiger partial charge is 0.271 e. The molecule has 2 heterocycles. The zero-order chi connectivity index (χ0) is 16.4. The van der Waals surface area contributed by atoms with Gasteiger partial charge >= 0.3 is 0 Å². The molecule has 8 nitrogen and oxygen atoms in total. The summed E-state index contributed by atoms with van der Waals surface area (Å²) in [6, 6.07) is 4.74. The Morgan fingerprint density at radius 1 is 1.22 bits per heavy atom. The minimum absolute atomic E-state index is 0.122. The van der Waals surface area contributed by atoms with Crippen LogP contribution in [0, 0.1) is 0 Å². The molecular formula is C14H15N3O5S. The molecule has 0 aromatic heterocycles. The zero-order valence-corrected chi connectivity index (χ0v) is 13.1. The number of fused-ring (bicyclic) bond motifs is 1. The lowest BCUT2D eigenvalue weighted by molar-refractivity contribution is -0.135. The molecule has 0 bridgehead atoms. The number of benzene rings is 1. The van der Waals surface area contributed by atoms with Crippen molar-refractivity contribution < 1.29 is 23.9 Å². The maximum absolute atomic E-state index is 12.1. The molecule has 0 saturated carbocycles. The molecule has 1 saturated heterocycles. The van der Waals surface area contributed by atoms with Crippen molar-refractivity contribution in [2.24, 2.45) is 0 Å². The number of carbonyl (C=O) groups is 3. The van der Waals surface area contributed by atoms with Gasteiger partial charge in [-0.2, -0.15) is 0 Å². The number of ether oxygens (including phenoxy) is 2. The summed E-state index contributed by atoms with van der Waals surface area (Å²) in [7, 11) is 0. The van der Waals surface area contributed by atoms with Crippen LogP contribution in [0.25, 0.3) is 0 Å². The highest BCUT2D eigenvalue weighted by Gasteiger charge is 2.33. The van der Waals surface area contributed by atoms with E-state index in [-0.39, 0.29) is 12.7 Å². The van der Waals surface area contributed by atoms with Crippen LogP contribution in [0.3, 0.4) is 0 Å². The topological polar surface area (TPSA) is 97.0 Å². The maximum atomic E-state index is 12.1. The van der Waals surface area contributed by atoms with Crippen molar-refractivity contribution in [3.05, 3.63) is 23.8 Å². The molecule has 2 N–H and O–H groups in total. The molecule has 0 spiro atoms. The third-order valence-corrected chi connectivity index (χ3v) is 4.66. The van der Waals surface area contributed by atoms with E-state index >= 15 is 0 Å². The lowest BCUT2D eigenvalue weighted by Crippen LogP contribution is -2.50. The average molecular weight is 337 g/mol. The number of hydrogen-bond donors (Lipinski definition) is 2. The maximum Gasteiger partial charge on any atom is 0.271 e. The van der Waals surface area contributed by atoms with Gasteiger partial charge in [-0.15, -0.1) is 11.8 Å². The van der Waals surface area contributed by atoms with E-state index in [0.29, 0.717) is 29.4 Å². The van der Waals surface area contributed by atoms with Crippen molar-refractivity contribution in [2.45, 2.75) is 12.3 Å². The van der Waals surface area contributed by atoms with Gasteiger partial charge in [-0.05, 0) is 18.2 Å². The Labute approximate surface area is 136 Å². The van der Waals surface area contributed by atoms with Crippen LogP contribution in [-0.2, 0) is 9.59 Å². The van der Waals surface area contributed by atoms with Crippen LogP contribution in [0.2, 0.25) is 0 Å². The standard InChI is InChI=1S/C14H15N3O5S/c1-8(18)17-4-5-23-14(17)13(20)16-15-12(19)9-2-3-10-11(6-9)22-7-21-10/h2-3,6,14H,4-5,7H2,1H3,(H,15,19)(H,16,20)/t14-/m1/s1. The van der Waals surface area contributed by atoms with Crippen molar-refractivity contribution in [3.8, 4) is 11.5 Å². The minimum Gasteiger partial charge on any atom is -0.454 e. The van der Waals surface area contributed by atoms with Crippen LogP contribution < -0.4 is 20.3 Å². The first kappa shape index (κ1) is 15.5. The summed E-state index contributed by atoms with van der Waals surface area (Å²) in [5.74, 6) is 0.666. The molecule has 3 amide bonds. The van der Waals surface area contributed by atoms with E-state index in [0.717, 1.165) is 0 Å². The monoisotopic (exact) mass is 337 g/mol. The summed E-state index contributed by atoms with van der Waals surface area (Å²) in [6.45, 7) is 2.06. The first-order valence-corrected chi connectivity index (χ1v) is 8.00. The van der Waals surface area contributed by atoms with Crippen molar-refractivity contribution in [1.29, 1.82) is 0 Å². The van der Waals surface area contributed by atoms with Crippen LogP contribution in [-0.4, -0.2) is 47.1 Å². The summed E-state index contributed by atoms with van der Waals surface area (Å²) in [4.78, 5) is 37.1. The molecule has 1 fully saturated rings. The Morgan fingerprint density at radius 3 is 2.78 bits per heavy atom. The molecule has 3 rings (SSSR count). The first-order valence-electron chi connectivity index (χ1n) is 6.95. The van der Waals surface area contributed by atoms with Crippen LogP contribution >= 0.6 is 11.8 Å². The number of nitrogens with one attached hydrogen (secondary N) is 2. The Balaban J connectivity index is 1.58. The fourth-order valence-electron chi connectivity index (χ4n) is 2.30. The fourth-order valence-corrected chi connectivity index (χ4v) is 3.47. The van der Waals surface area contributed by atoms with Crippen molar-refractivity contribution >= 4 is 29.5 Å². The molecule has 0 aliphatic carbocycles. The number of hydrogen-bond acceptors (Lipinski definition) is 6. The van der Waals surface area contributed by atoms with Crippen molar-refractivity contribution in [2.75, 3.05) is 19.1 Å². The number of amides is 3. The average Bonchev–Trinajstić information content (AvgIpc) is 3.19. The molecule has 1 aromatic rings. The van der Waals surface area contributed by atoms with E-state index in [9.17, 15) is 14.4 Å². The molecule has 2 aliphatic rings. The molecule has 0 unspecified atom stereocenters. The second kappa shape index (κ2) is 6.37. The number of rotatable bonds is 2. The summed E-state index contributed by atoms with van der Waals surface area (Å²) in [6.07, 6.45) is 0. The summed E-state index contributed by atoms with van der Waals surface area (Å²) < 4.78 is 10.4. The van der Waals surface area contributed by atoms with Crippen LogP contribution in [0.5, 0.6) is 11.5 Å². The lowest BCUT2D eigenvalue weighted by atomic mass is 10.2. The molecule has 1 aromatic carbocycles. The van der Waals surface area contributed by atoms with Crippen LogP contribution in [0.15, 0.2) is 18.2 Å². The molecular weight excluding hydrogens is 322 g/mol. The van der Waals surface area contributed by atoms with E-state index in [1.165, 1.54) is 29.7 Å². The third-order valence-electron chi connectivity index (χ3n) is 3.45. The predicted molar refractivity (Wildman–Crippen MR) is 81.8 cm³/mol. The summed E-state index contributed by atoms with van der Waals surface area (Å²) >= 11 is 1.36. The van der Waals surface area contributed by atoms with Gasteiger partial charge in [0.25, 0.3) is 11.8 Å². The highest BCUT2D eigenvalue weighted by atomic mass is 32.2. The molecule has 0 radical (unpaired) electrons. The molecule has 9 heteroatoms. The largest absolute Gasteiger partial charge is 0.454 e. The van der Waals surface area contributed by atoms with Gasteiger partial charge < -0.3 is 14.4 Å². The highest BCUT2D eigenvalue weighted by molar-refractivity contribution is 8.00. The lowest BCUT2D eigenvalue weighted by Gasteiger charge is -2.21. The van der Waals surface area contributed by atoms with Crippen molar-refractivity contribution in [1.82, 2.24) is 15.8 Å². The van der Waals surface area contributed by atoms with E-state index in [2.05, 4.69) is 10.9 Å². The molecule has 23 heavy (non-hydrogen) atoms. The normalized spacial score (nSPS) is 18.7. The third kappa shape index (κ3) is 3.19. The van der Waals surface area contributed by atoms with Crippen LogP contribution in [0.4, 0.5) is 0 Å². The van der Waals surface area contributed by atoms with E-state index in [1.54, 1.807) is 12.1 Å². The van der Waals surface area contributed by atoms with Gasteiger partial charge in [0.05, 0.1) is 0 Å². The number of hydrazine groups is 1. The zero-order valence-electron chi connectivity index (χ0n) is 12.3. The Kier molecular flexibility index (Phi) is 4.28. The minimum atomic E-state index is -0.621.